The van der Waals surface area contributed by atoms with Crippen LogP contribution in [-0.4, -0.2) is 24.3 Å². The highest BCUT2D eigenvalue weighted by atomic mass is 16.5. The molecule has 0 spiro atoms. The van der Waals surface area contributed by atoms with Gasteiger partial charge in [0.05, 0.1) is 13.2 Å². The normalized spacial score (nSPS) is 10.7. The van der Waals surface area contributed by atoms with E-state index in [9.17, 15) is 0 Å². The molecular formula is C14H24N2O. The summed E-state index contributed by atoms with van der Waals surface area (Å²) in [4.78, 5) is 0. The van der Waals surface area contributed by atoms with Crippen molar-refractivity contribution in [3.05, 3.63) is 36.2 Å². The molecule has 17 heavy (non-hydrogen) atoms. The van der Waals surface area contributed by atoms with E-state index < -0.39 is 0 Å². The summed E-state index contributed by atoms with van der Waals surface area (Å²) in [5.74, 6) is 0. The van der Waals surface area contributed by atoms with Crippen molar-refractivity contribution in [2.24, 2.45) is 0 Å². The second-order valence-corrected chi connectivity index (χ2v) is 4.44. The van der Waals surface area contributed by atoms with Gasteiger partial charge in [-0.25, -0.2) is 0 Å². The van der Waals surface area contributed by atoms with Crippen molar-refractivity contribution in [1.29, 1.82) is 0 Å². The highest BCUT2D eigenvalue weighted by Crippen LogP contribution is 2.01. The van der Waals surface area contributed by atoms with Gasteiger partial charge < -0.3 is 14.6 Å². The molecule has 0 aliphatic rings. The Morgan fingerprint density at radius 3 is 3.06 bits per heavy atom. The predicted molar refractivity (Wildman–Crippen MR) is 72.1 cm³/mol. The van der Waals surface area contributed by atoms with Crippen molar-refractivity contribution in [1.82, 2.24) is 9.88 Å². The molecule has 0 aliphatic heterocycles. The number of ether oxygens (including phenoxy) is 1. The number of aryl methyl sites for hydroxylation is 1. The summed E-state index contributed by atoms with van der Waals surface area (Å²) in [6.07, 6.45) is 5.51. The van der Waals surface area contributed by atoms with E-state index >= 15 is 0 Å². The first-order valence-electron chi connectivity index (χ1n) is 6.30. The van der Waals surface area contributed by atoms with E-state index in [0.29, 0.717) is 6.61 Å². The SMILES string of the molecule is C=C(C)COCCNCc1ccn(CCC)c1. The molecule has 1 aromatic heterocycles. The number of nitrogens with zero attached hydrogens (tertiary/aromatic N) is 1. The maximum atomic E-state index is 5.41. The van der Waals surface area contributed by atoms with Gasteiger partial charge in [0, 0.05) is 32.0 Å². The Bertz CT molecular complexity index is 331. The second-order valence-electron chi connectivity index (χ2n) is 4.44. The average molecular weight is 236 g/mol. The highest BCUT2D eigenvalue weighted by molar-refractivity contribution is 5.09. The van der Waals surface area contributed by atoms with Crippen molar-refractivity contribution in [3.8, 4) is 0 Å². The third kappa shape index (κ3) is 6.29. The van der Waals surface area contributed by atoms with E-state index in [-0.39, 0.29) is 0 Å². The summed E-state index contributed by atoms with van der Waals surface area (Å²) in [5.41, 5.74) is 2.40. The van der Waals surface area contributed by atoms with Crippen LogP contribution in [-0.2, 0) is 17.8 Å². The molecule has 0 radical (unpaired) electrons. The molecule has 0 atom stereocenters. The molecule has 0 saturated carbocycles. The third-order valence-corrected chi connectivity index (χ3v) is 2.39. The minimum absolute atomic E-state index is 0.661. The Labute approximate surface area is 104 Å². The average Bonchev–Trinajstić information content (AvgIpc) is 2.71. The summed E-state index contributed by atoms with van der Waals surface area (Å²) in [7, 11) is 0. The van der Waals surface area contributed by atoms with Crippen LogP contribution in [0.2, 0.25) is 0 Å². The predicted octanol–water partition coefficient (Wildman–Crippen LogP) is 2.58. The van der Waals surface area contributed by atoms with E-state index in [2.05, 4.69) is 41.8 Å². The van der Waals surface area contributed by atoms with Gasteiger partial charge in [0.25, 0.3) is 0 Å². The van der Waals surface area contributed by atoms with Crippen LogP contribution in [0.1, 0.15) is 25.8 Å². The monoisotopic (exact) mass is 236 g/mol. The zero-order valence-electron chi connectivity index (χ0n) is 11.0. The zero-order chi connectivity index (χ0) is 12.5. The molecule has 96 valence electrons. The number of nitrogens with one attached hydrogen (secondary N) is 1. The van der Waals surface area contributed by atoms with Gasteiger partial charge in [0.15, 0.2) is 0 Å². The van der Waals surface area contributed by atoms with Crippen LogP contribution in [0.15, 0.2) is 30.6 Å². The highest BCUT2D eigenvalue weighted by Gasteiger charge is 1.96. The standard InChI is InChI=1S/C14H24N2O/c1-4-7-16-8-5-14(11-16)10-15-6-9-17-12-13(2)3/h5,8,11,15H,2,4,6-7,9-10,12H2,1,3H3. The Balaban J connectivity index is 2.07. The van der Waals surface area contributed by atoms with Gasteiger partial charge in [-0.2, -0.15) is 0 Å². The minimum Gasteiger partial charge on any atom is -0.376 e. The summed E-state index contributed by atoms with van der Waals surface area (Å²) < 4.78 is 7.64. The van der Waals surface area contributed by atoms with Gasteiger partial charge in [-0.15, -0.1) is 0 Å². The molecule has 1 aromatic rings. The first-order valence-corrected chi connectivity index (χ1v) is 6.30. The molecule has 1 heterocycles. The van der Waals surface area contributed by atoms with Crippen LogP contribution in [0.3, 0.4) is 0 Å². The largest absolute Gasteiger partial charge is 0.376 e. The van der Waals surface area contributed by atoms with Crippen molar-refractivity contribution in [2.45, 2.75) is 33.4 Å². The number of hydrogen-bond acceptors (Lipinski definition) is 2. The van der Waals surface area contributed by atoms with Gasteiger partial charge in [-0.3, -0.25) is 0 Å². The summed E-state index contributed by atoms with van der Waals surface area (Å²) >= 11 is 0. The fourth-order valence-corrected chi connectivity index (χ4v) is 1.62. The molecule has 0 unspecified atom stereocenters. The van der Waals surface area contributed by atoms with Gasteiger partial charge >= 0.3 is 0 Å². The molecule has 0 fully saturated rings. The molecule has 0 aliphatic carbocycles. The first-order chi connectivity index (χ1) is 8.22. The first kappa shape index (κ1) is 14.0. The Morgan fingerprint density at radius 2 is 2.35 bits per heavy atom. The maximum absolute atomic E-state index is 5.41. The lowest BCUT2D eigenvalue weighted by Gasteiger charge is -2.05. The number of aromatic nitrogens is 1. The topological polar surface area (TPSA) is 26.2 Å². The van der Waals surface area contributed by atoms with Gasteiger partial charge in [0.1, 0.15) is 0 Å². The Morgan fingerprint density at radius 1 is 1.53 bits per heavy atom. The molecule has 3 nitrogen and oxygen atoms in total. The summed E-state index contributed by atoms with van der Waals surface area (Å²) in [6.45, 7) is 12.2. The van der Waals surface area contributed by atoms with Crippen molar-refractivity contribution in [2.75, 3.05) is 19.8 Å². The molecule has 0 saturated heterocycles. The fraction of sp³-hybridized carbons (Fsp3) is 0.571. The van der Waals surface area contributed by atoms with E-state index in [4.69, 9.17) is 4.74 Å². The van der Waals surface area contributed by atoms with Crippen LogP contribution in [0.4, 0.5) is 0 Å². The van der Waals surface area contributed by atoms with Crippen molar-refractivity contribution < 1.29 is 4.74 Å². The van der Waals surface area contributed by atoms with E-state index in [0.717, 1.165) is 31.8 Å². The second kappa shape index (κ2) is 8.09. The van der Waals surface area contributed by atoms with Gasteiger partial charge in [-0.05, 0) is 25.0 Å². The van der Waals surface area contributed by atoms with Crippen LogP contribution in [0.25, 0.3) is 0 Å². The third-order valence-electron chi connectivity index (χ3n) is 2.39. The maximum Gasteiger partial charge on any atom is 0.0672 e. The van der Waals surface area contributed by atoms with Crippen LogP contribution >= 0.6 is 0 Å². The van der Waals surface area contributed by atoms with Gasteiger partial charge in [-0.1, -0.05) is 19.1 Å². The summed E-state index contributed by atoms with van der Waals surface area (Å²) in [6, 6.07) is 2.16. The van der Waals surface area contributed by atoms with Crippen molar-refractivity contribution >= 4 is 0 Å². The van der Waals surface area contributed by atoms with Crippen LogP contribution in [0, 0.1) is 0 Å². The van der Waals surface area contributed by atoms with Crippen molar-refractivity contribution in [3.63, 3.8) is 0 Å². The van der Waals surface area contributed by atoms with Crippen LogP contribution < -0.4 is 5.32 Å². The lowest BCUT2D eigenvalue weighted by atomic mass is 10.3. The molecule has 1 N–H and O–H groups in total. The Hall–Kier alpha value is -1.06. The molecule has 3 heteroatoms. The fourth-order valence-electron chi connectivity index (χ4n) is 1.62. The van der Waals surface area contributed by atoms with Crippen LogP contribution in [0.5, 0.6) is 0 Å². The van der Waals surface area contributed by atoms with E-state index in [1.807, 2.05) is 6.92 Å². The molecular weight excluding hydrogens is 212 g/mol. The quantitative estimate of drug-likeness (QED) is 0.527. The lowest BCUT2D eigenvalue weighted by Crippen LogP contribution is -2.19. The molecule has 0 aromatic carbocycles. The number of rotatable bonds is 9. The molecule has 0 amide bonds. The molecule has 0 bridgehead atoms. The number of hydrogen-bond donors (Lipinski definition) is 1. The Kier molecular flexibility index (Phi) is 6.67. The molecule has 1 rings (SSSR count). The van der Waals surface area contributed by atoms with E-state index in [1.165, 1.54) is 12.0 Å². The lowest BCUT2D eigenvalue weighted by molar-refractivity contribution is 0.158. The minimum atomic E-state index is 0.661. The zero-order valence-corrected chi connectivity index (χ0v) is 11.0. The van der Waals surface area contributed by atoms with Gasteiger partial charge in [0.2, 0.25) is 0 Å². The smallest absolute Gasteiger partial charge is 0.0672 e. The van der Waals surface area contributed by atoms with E-state index in [1.54, 1.807) is 0 Å². The summed E-state index contributed by atoms with van der Waals surface area (Å²) in [5, 5.41) is 3.36.